The molecule has 2 N–H and O–H groups in total. The average Bonchev–Trinajstić information content (AvgIpc) is 2.76. The number of rotatable bonds is 9. The second-order valence-electron chi connectivity index (χ2n) is 6.28. The summed E-state index contributed by atoms with van der Waals surface area (Å²) >= 11 is 0. The lowest BCUT2D eigenvalue weighted by Crippen LogP contribution is -2.32. The predicted octanol–water partition coefficient (Wildman–Crippen LogP) is 2.73. The Labute approximate surface area is 170 Å². The van der Waals surface area contributed by atoms with Crippen LogP contribution in [0, 0.1) is 0 Å². The number of carbonyl (C=O) groups is 3. The number of esters is 1. The van der Waals surface area contributed by atoms with Gasteiger partial charge in [0.1, 0.15) is 12.3 Å². The smallest absolute Gasteiger partial charge is 0.325 e. The topological polar surface area (TPSA) is 93.7 Å². The molecule has 2 aromatic carbocycles. The standard InChI is InChI=1S/C22H26N2O5/c1-4-15-7-6-8-16(5-2)21(15)24-19(25)14-29-20(26)13-23-22(27)17-9-11-18(28-3)12-10-17/h6-12H,4-5,13-14H2,1-3H3,(H,23,27)(H,24,25). The van der Waals surface area contributed by atoms with Crippen molar-refractivity contribution in [3.63, 3.8) is 0 Å². The maximum atomic E-state index is 12.2. The van der Waals surface area contributed by atoms with Crippen molar-refractivity contribution in [2.45, 2.75) is 26.7 Å². The Morgan fingerprint density at radius 1 is 0.931 bits per heavy atom. The van der Waals surface area contributed by atoms with Crippen LogP contribution >= 0.6 is 0 Å². The van der Waals surface area contributed by atoms with Gasteiger partial charge in [-0.25, -0.2) is 0 Å². The molecular formula is C22H26N2O5. The number of para-hydroxylation sites is 1. The first kappa shape index (κ1) is 21.9. The van der Waals surface area contributed by atoms with Gasteiger partial charge in [-0.05, 0) is 48.2 Å². The van der Waals surface area contributed by atoms with Gasteiger partial charge < -0.3 is 20.1 Å². The minimum absolute atomic E-state index is 0.329. The summed E-state index contributed by atoms with van der Waals surface area (Å²) in [6, 6.07) is 12.3. The van der Waals surface area contributed by atoms with E-state index in [9.17, 15) is 14.4 Å². The van der Waals surface area contributed by atoms with Crippen LogP contribution < -0.4 is 15.4 Å². The zero-order chi connectivity index (χ0) is 21.2. The van der Waals surface area contributed by atoms with Crippen LogP contribution in [0.5, 0.6) is 5.75 Å². The molecule has 7 heteroatoms. The fourth-order valence-corrected chi connectivity index (χ4v) is 2.77. The molecule has 0 heterocycles. The summed E-state index contributed by atoms with van der Waals surface area (Å²) in [5, 5.41) is 5.28. The molecule has 0 spiro atoms. The molecule has 0 atom stereocenters. The van der Waals surface area contributed by atoms with Gasteiger partial charge in [0.15, 0.2) is 6.61 Å². The first-order chi connectivity index (χ1) is 14.0. The van der Waals surface area contributed by atoms with Crippen LogP contribution in [-0.4, -0.2) is 38.0 Å². The summed E-state index contributed by atoms with van der Waals surface area (Å²) in [7, 11) is 1.53. The van der Waals surface area contributed by atoms with Crippen molar-refractivity contribution in [3.05, 3.63) is 59.2 Å². The Morgan fingerprint density at radius 2 is 1.55 bits per heavy atom. The number of methoxy groups -OCH3 is 1. The number of hydrogen-bond acceptors (Lipinski definition) is 5. The molecule has 0 aliphatic rings. The zero-order valence-electron chi connectivity index (χ0n) is 16.9. The highest BCUT2D eigenvalue weighted by molar-refractivity contribution is 5.97. The van der Waals surface area contributed by atoms with Crippen molar-refractivity contribution in [1.82, 2.24) is 5.32 Å². The Morgan fingerprint density at radius 3 is 2.10 bits per heavy atom. The number of nitrogens with one attached hydrogen (secondary N) is 2. The van der Waals surface area contributed by atoms with Crippen LogP contribution in [0.15, 0.2) is 42.5 Å². The van der Waals surface area contributed by atoms with Gasteiger partial charge in [-0.3, -0.25) is 14.4 Å². The van der Waals surface area contributed by atoms with E-state index in [1.54, 1.807) is 24.3 Å². The molecule has 7 nitrogen and oxygen atoms in total. The van der Waals surface area contributed by atoms with Gasteiger partial charge in [0.05, 0.1) is 7.11 Å². The minimum atomic E-state index is -0.693. The molecule has 0 fully saturated rings. The number of aryl methyl sites for hydroxylation is 2. The Kier molecular flexibility index (Phi) is 8.21. The van der Waals surface area contributed by atoms with E-state index in [4.69, 9.17) is 9.47 Å². The maximum Gasteiger partial charge on any atom is 0.325 e. The van der Waals surface area contributed by atoms with Crippen molar-refractivity contribution >= 4 is 23.5 Å². The lowest BCUT2D eigenvalue weighted by atomic mass is 10.0. The summed E-state index contributed by atoms with van der Waals surface area (Å²) in [6.07, 6.45) is 1.56. The molecule has 0 aliphatic heterocycles. The van der Waals surface area contributed by atoms with Crippen LogP contribution in [0.2, 0.25) is 0 Å². The summed E-state index contributed by atoms with van der Waals surface area (Å²) in [5.41, 5.74) is 3.21. The average molecular weight is 398 g/mol. The monoisotopic (exact) mass is 398 g/mol. The molecule has 0 aromatic heterocycles. The number of anilines is 1. The molecule has 0 saturated carbocycles. The predicted molar refractivity (Wildman–Crippen MR) is 110 cm³/mol. The SMILES string of the molecule is CCc1cccc(CC)c1NC(=O)COC(=O)CNC(=O)c1ccc(OC)cc1. The van der Waals surface area contributed by atoms with Crippen LogP contribution in [0.25, 0.3) is 0 Å². The molecule has 0 radical (unpaired) electrons. The molecule has 29 heavy (non-hydrogen) atoms. The lowest BCUT2D eigenvalue weighted by Gasteiger charge is -2.14. The molecule has 0 saturated heterocycles. The van der Waals surface area contributed by atoms with E-state index in [1.807, 2.05) is 32.0 Å². The second kappa shape index (κ2) is 10.8. The molecule has 2 rings (SSSR count). The van der Waals surface area contributed by atoms with E-state index in [2.05, 4.69) is 10.6 Å². The number of amides is 2. The maximum absolute atomic E-state index is 12.2. The lowest BCUT2D eigenvalue weighted by molar-refractivity contribution is -0.146. The van der Waals surface area contributed by atoms with Gasteiger partial charge in [-0.2, -0.15) is 0 Å². The highest BCUT2D eigenvalue weighted by atomic mass is 16.5. The van der Waals surface area contributed by atoms with Crippen molar-refractivity contribution < 1.29 is 23.9 Å². The normalized spacial score (nSPS) is 10.2. The third kappa shape index (κ3) is 6.34. The summed E-state index contributed by atoms with van der Waals surface area (Å²) in [6.45, 7) is 3.27. The van der Waals surface area contributed by atoms with E-state index >= 15 is 0 Å². The molecule has 154 valence electrons. The highest BCUT2D eigenvalue weighted by Crippen LogP contribution is 2.22. The highest BCUT2D eigenvalue weighted by Gasteiger charge is 2.13. The van der Waals surface area contributed by atoms with Crippen LogP contribution in [0.1, 0.15) is 35.3 Å². The third-order valence-electron chi connectivity index (χ3n) is 4.37. The second-order valence-corrected chi connectivity index (χ2v) is 6.28. The third-order valence-corrected chi connectivity index (χ3v) is 4.37. The number of hydrogen-bond donors (Lipinski definition) is 2. The first-order valence-corrected chi connectivity index (χ1v) is 9.46. The Bertz CT molecular complexity index is 840. The van der Waals surface area contributed by atoms with E-state index in [0.717, 1.165) is 29.7 Å². The van der Waals surface area contributed by atoms with Crippen molar-refractivity contribution in [3.8, 4) is 5.75 Å². The van der Waals surface area contributed by atoms with Crippen molar-refractivity contribution in [2.24, 2.45) is 0 Å². The summed E-state index contributed by atoms with van der Waals surface area (Å²) in [4.78, 5) is 36.1. The Hall–Kier alpha value is -3.35. The molecule has 2 amide bonds. The van der Waals surface area contributed by atoms with E-state index in [-0.39, 0.29) is 6.54 Å². The molecular weight excluding hydrogens is 372 g/mol. The quantitative estimate of drug-likeness (QED) is 0.634. The van der Waals surface area contributed by atoms with Crippen LogP contribution in [0.4, 0.5) is 5.69 Å². The molecule has 2 aromatic rings. The fraction of sp³-hybridized carbons (Fsp3) is 0.318. The van der Waals surface area contributed by atoms with Gasteiger partial charge in [0.25, 0.3) is 11.8 Å². The van der Waals surface area contributed by atoms with Crippen LogP contribution in [-0.2, 0) is 27.2 Å². The van der Waals surface area contributed by atoms with Gasteiger partial charge in [-0.1, -0.05) is 32.0 Å². The number of benzene rings is 2. The van der Waals surface area contributed by atoms with Crippen LogP contribution in [0.3, 0.4) is 0 Å². The van der Waals surface area contributed by atoms with E-state index in [0.29, 0.717) is 11.3 Å². The fourth-order valence-electron chi connectivity index (χ4n) is 2.77. The van der Waals surface area contributed by atoms with Gasteiger partial charge in [0.2, 0.25) is 0 Å². The molecule has 0 bridgehead atoms. The van der Waals surface area contributed by atoms with E-state index < -0.39 is 24.4 Å². The van der Waals surface area contributed by atoms with Crippen molar-refractivity contribution in [2.75, 3.05) is 25.6 Å². The summed E-state index contributed by atoms with van der Waals surface area (Å²) in [5.74, 6) is -0.904. The number of carbonyl (C=O) groups excluding carboxylic acids is 3. The van der Waals surface area contributed by atoms with Gasteiger partial charge in [0, 0.05) is 11.3 Å². The van der Waals surface area contributed by atoms with Gasteiger partial charge in [-0.15, -0.1) is 0 Å². The first-order valence-electron chi connectivity index (χ1n) is 9.46. The molecule has 0 aliphatic carbocycles. The minimum Gasteiger partial charge on any atom is -0.497 e. The Balaban J connectivity index is 1.81. The largest absolute Gasteiger partial charge is 0.497 e. The zero-order valence-corrected chi connectivity index (χ0v) is 16.9. The molecule has 0 unspecified atom stereocenters. The summed E-state index contributed by atoms with van der Waals surface area (Å²) < 4.78 is 9.99. The van der Waals surface area contributed by atoms with Crippen molar-refractivity contribution in [1.29, 1.82) is 0 Å². The number of ether oxygens (including phenoxy) is 2. The van der Waals surface area contributed by atoms with E-state index in [1.165, 1.54) is 7.11 Å². The van der Waals surface area contributed by atoms with Gasteiger partial charge >= 0.3 is 5.97 Å².